The van der Waals surface area contributed by atoms with Crippen molar-refractivity contribution in [1.82, 2.24) is 0 Å². The first-order valence-corrected chi connectivity index (χ1v) is 6.33. The average molecular weight is 240 g/mol. The predicted molar refractivity (Wildman–Crippen MR) is 72.1 cm³/mol. The maximum Gasteiger partial charge on any atom is 0.308 e. The Hall–Kier alpha value is -1.83. The molecule has 0 N–H and O–H groups in total. The van der Waals surface area contributed by atoms with E-state index in [1.54, 1.807) is 0 Å². The second-order valence-electron chi connectivity index (χ2n) is 5.09. The van der Waals surface area contributed by atoms with Crippen molar-refractivity contribution in [3.05, 3.63) is 41.5 Å². The van der Waals surface area contributed by atoms with E-state index in [1.165, 1.54) is 23.4 Å². The van der Waals surface area contributed by atoms with E-state index in [1.807, 2.05) is 18.2 Å². The number of hydrogen-bond acceptors (Lipinski definition) is 2. The fourth-order valence-corrected chi connectivity index (χ4v) is 2.98. The standard InChI is InChI=1S/C16H16O2/c1-9-10(2)13-7-8-15(18-11(3)17)14-6-4-5-12(9)16(13)14/h4-10H,1-3H3/t9?,10-/m1/s1. The third-order valence-corrected chi connectivity index (χ3v) is 4.05. The van der Waals surface area contributed by atoms with Gasteiger partial charge in [-0.15, -0.1) is 0 Å². The Balaban J connectivity index is 2.31. The third kappa shape index (κ3) is 1.45. The van der Waals surface area contributed by atoms with Crippen LogP contribution < -0.4 is 4.74 Å². The molecule has 3 rings (SSSR count). The van der Waals surface area contributed by atoms with Crippen LogP contribution in [0.2, 0.25) is 0 Å². The molecule has 1 aliphatic carbocycles. The Labute approximate surface area is 107 Å². The first-order valence-electron chi connectivity index (χ1n) is 6.33. The molecule has 2 nitrogen and oxygen atoms in total. The van der Waals surface area contributed by atoms with Gasteiger partial charge in [0.15, 0.2) is 0 Å². The minimum atomic E-state index is -0.269. The zero-order chi connectivity index (χ0) is 12.9. The molecule has 0 heterocycles. The molecular weight excluding hydrogens is 224 g/mol. The topological polar surface area (TPSA) is 26.3 Å². The van der Waals surface area contributed by atoms with Crippen molar-refractivity contribution in [2.24, 2.45) is 0 Å². The van der Waals surface area contributed by atoms with Crippen molar-refractivity contribution < 1.29 is 9.53 Å². The molecule has 0 aliphatic heterocycles. The van der Waals surface area contributed by atoms with Gasteiger partial charge in [0, 0.05) is 12.3 Å². The zero-order valence-electron chi connectivity index (χ0n) is 10.9. The molecule has 0 saturated heterocycles. The van der Waals surface area contributed by atoms with Gasteiger partial charge < -0.3 is 4.74 Å². The van der Waals surface area contributed by atoms with E-state index in [4.69, 9.17) is 4.74 Å². The Morgan fingerprint density at radius 3 is 2.39 bits per heavy atom. The number of carbonyl (C=O) groups excluding carboxylic acids is 1. The van der Waals surface area contributed by atoms with E-state index in [9.17, 15) is 4.79 Å². The Morgan fingerprint density at radius 1 is 1.06 bits per heavy atom. The van der Waals surface area contributed by atoms with E-state index < -0.39 is 0 Å². The van der Waals surface area contributed by atoms with Crippen LogP contribution in [0.15, 0.2) is 30.3 Å². The monoisotopic (exact) mass is 240 g/mol. The lowest BCUT2D eigenvalue weighted by molar-refractivity contribution is -0.131. The lowest BCUT2D eigenvalue weighted by Crippen LogP contribution is -2.02. The summed E-state index contributed by atoms with van der Waals surface area (Å²) in [4.78, 5) is 11.1. The summed E-state index contributed by atoms with van der Waals surface area (Å²) in [6.45, 7) is 5.95. The average Bonchev–Trinajstić information content (AvgIpc) is 2.59. The van der Waals surface area contributed by atoms with Gasteiger partial charge in [-0.05, 0) is 34.4 Å². The molecule has 0 radical (unpaired) electrons. The smallest absolute Gasteiger partial charge is 0.308 e. The maximum absolute atomic E-state index is 11.1. The van der Waals surface area contributed by atoms with Crippen LogP contribution in [0.25, 0.3) is 10.8 Å². The first-order chi connectivity index (χ1) is 8.59. The van der Waals surface area contributed by atoms with E-state index in [2.05, 4.69) is 26.0 Å². The number of rotatable bonds is 1. The minimum Gasteiger partial charge on any atom is -0.426 e. The summed E-state index contributed by atoms with van der Waals surface area (Å²) in [5.74, 6) is 1.45. The van der Waals surface area contributed by atoms with Gasteiger partial charge in [0.2, 0.25) is 0 Å². The summed E-state index contributed by atoms with van der Waals surface area (Å²) >= 11 is 0. The van der Waals surface area contributed by atoms with Gasteiger partial charge in [0.1, 0.15) is 5.75 Å². The summed E-state index contributed by atoms with van der Waals surface area (Å²) in [6, 6.07) is 10.3. The molecule has 2 atom stereocenters. The summed E-state index contributed by atoms with van der Waals surface area (Å²) in [7, 11) is 0. The van der Waals surface area contributed by atoms with Gasteiger partial charge >= 0.3 is 5.97 Å². The molecule has 0 bridgehead atoms. The number of esters is 1. The molecule has 0 amide bonds. The van der Waals surface area contributed by atoms with Crippen molar-refractivity contribution in [2.45, 2.75) is 32.6 Å². The Kier molecular flexibility index (Phi) is 2.40. The predicted octanol–water partition coefficient (Wildman–Crippen LogP) is 3.99. The van der Waals surface area contributed by atoms with Gasteiger partial charge in [0.25, 0.3) is 0 Å². The molecule has 0 aromatic heterocycles. The molecule has 0 spiro atoms. The molecule has 18 heavy (non-hydrogen) atoms. The van der Waals surface area contributed by atoms with Crippen molar-refractivity contribution in [3.8, 4) is 5.75 Å². The van der Waals surface area contributed by atoms with E-state index in [-0.39, 0.29) is 5.97 Å². The largest absolute Gasteiger partial charge is 0.426 e. The Bertz CT molecular complexity index is 629. The molecule has 92 valence electrons. The second-order valence-corrected chi connectivity index (χ2v) is 5.09. The van der Waals surface area contributed by atoms with Crippen molar-refractivity contribution in [3.63, 3.8) is 0 Å². The van der Waals surface area contributed by atoms with Crippen LogP contribution in [-0.2, 0) is 4.79 Å². The molecule has 0 saturated carbocycles. The van der Waals surface area contributed by atoms with E-state index in [0.29, 0.717) is 17.6 Å². The number of ether oxygens (including phenoxy) is 1. The summed E-state index contributed by atoms with van der Waals surface area (Å²) in [5.41, 5.74) is 2.73. The van der Waals surface area contributed by atoms with Gasteiger partial charge in [-0.1, -0.05) is 38.1 Å². The highest BCUT2D eigenvalue weighted by atomic mass is 16.5. The normalized spacial score (nSPS) is 21.3. The first kappa shape index (κ1) is 11.3. The molecule has 2 aromatic rings. The molecule has 1 unspecified atom stereocenters. The highest BCUT2D eigenvalue weighted by molar-refractivity contribution is 5.97. The van der Waals surface area contributed by atoms with Gasteiger partial charge in [-0.25, -0.2) is 0 Å². The van der Waals surface area contributed by atoms with Crippen LogP contribution >= 0.6 is 0 Å². The lowest BCUT2D eigenvalue weighted by atomic mass is 9.94. The van der Waals surface area contributed by atoms with Crippen LogP contribution in [0.4, 0.5) is 0 Å². The number of hydrogen-bond donors (Lipinski definition) is 0. The van der Waals surface area contributed by atoms with E-state index >= 15 is 0 Å². The summed E-state index contributed by atoms with van der Waals surface area (Å²) in [5, 5.41) is 2.33. The fourth-order valence-electron chi connectivity index (χ4n) is 2.98. The van der Waals surface area contributed by atoms with Crippen LogP contribution in [0.3, 0.4) is 0 Å². The van der Waals surface area contributed by atoms with Crippen LogP contribution in [-0.4, -0.2) is 5.97 Å². The lowest BCUT2D eigenvalue weighted by Gasteiger charge is -2.10. The molecule has 2 heteroatoms. The quantitative estimate of drug-likeness (QED) is 0.556. The summed E-state index contributed by atoms with van der Waals surface area (Å²) in [6.07, 6.45) is 0. The molecular formula is C16H16O2. The SMILES string of the molecule is CC(=O)Oc1ccc2c3c(cccc13)C(C)[C@H]2C. The molecule has 2 aromatic carbocycles. The van der Waals surface area contributed by atoms with Gasteiger partial charge in [-0.2, -0.15) is 0 Å². The van der Waals surface area contributed by atoms with Crippen LogP contribution in [0, 0.1) is 0 Å². The second kappa shape index (κ2) is 3.84. The Morgan fingerprint density at radius 2 is 1.72 bits per heavy atom. The minimum absolute atomic E-state index is 0.269. The zero-order valence-corrected chi connectivity index (χ0v) is 10.9. The maximum atomic E-state index is 11.1. The summed E-state index contributed by atoms with van der Waals surface area (Å²) < 4.78 is 5.30. The molecule has 0 fully saturated rings. The van der Waals surface area contributed by atoms with Gasteiger partial charge in [-0.3, -0.25) is 4.79 Å². The number of carbonyl (C=O) groups is 1. The van der Waals surface area contributed by atoms with Crippen molar-refractivity contribution in [1.29, 1.82) is 0 Å². The van der Waals surface area contributed by atoms with Gasteiger partial charge in [0.05, 0.1) is 0 Å². The number of benzene rings is 2. The molecule has 1 aliphatic rings. The van der Waals surface area contributed by atoms with Crippen molar-refractivity contribution in [2.75, 3.05) is 0 Å². The fraction of sp³-hybridized carbons (Fsp3) is 0.312. The highest BCUT2D eigenvalue weighted by Gasteiger charge is 2.28. The van der Waals surface area contributed by atoms with Crippen molar-refractivity contribution >= 4 is 16.7 Å². The van der Waals surface area contributed by atoms with Crippen LogP contribution in [0.5, 0.6) is 5.75 Å². The van der Waals surface area contributed by atoms with E-state index in [0.717, 1.165) is 5.39 Å². The highest BCUT2D eigenvalue weighted by Crippen LogP contribution is 2.48. The van der Waals surface area contributed by atoms with Crippen LogP contribution in [0.1, 0.15) is 43.7 Å². The third-order valence-electron chi connectivity index (χ3n) is 4.05.